The number of thioether (sulfide) groups is 1. The van der Waals surface area contributed by atoms with E-state index >= 15 is 0 Å². The fourth-order valence-corrected chi connectivity index (χ4v) is 7.01. The minimum atomic E-state index is -1.28. The molecule has 0 radical (unpaired) electrons. The maximum atomic E-state index is 13.4. The van der Waals surface area contributed by atoms with Gasteiger partial charge in [-0.2, -0.15) is 0 Å². The highest BCUT2D eigenvalue weighted by Crippen LogP contribution is 2.41. The molecule has 0 spiro atoms. The SMILES string of the molecule is CSc1ccc(/C=C/C(=O)N2CCC(C(=O)N[C@@H](CNC(=O)C3(c4ccc(Cl)cc4)CCCC3)C(=O)O)CC2)c(Cl)c1Cl. The topological polar surface area (TPSA) is 116 Å². The van der Waals surface area contributed by atoms with E-state index in [4.69, 9.17) is 34.8 Å². The average molecular weight is 667 g/mol. The van der Waals surface area contributed by atoms with Crippen molar-refractivity contribution in [2.75, 3.05) is 25.9 Å². The van der Waals surface area contributed by atoms with Gasteiger partial charge in [-0.05, 0) is 67.3 Å². The number of halogens is 3. The van der Waals surface area contributed by atoms with Gasteiger partial charge in [-0.15, -0.1) is 11.8 Å². The van der Waals surface area contributed by atoms with Crippen LogP contribution in [-0.2, 0) is 24.6 Å². The van der Waals surface area contributed by atoms with Gasteiger partial charge in [-0.1, -0.05) is 65.8 Å². The number of piperidine rings is 1. The molecule has 0 aromatic heterocycles. The number of carbonyl (C=O) groups excluding carboxylic acids is 3. The summed E-state index contributed by atoms with van der Waals surface area (Å²) in [5.74, 6) is -2.56. The number of likely N-dealkylation sites (tertiary alicyclic amines) is 1. The molecule has 2 aliphatic rings. The molecule has 1 aliphatic heterocycles. The van der Waals surface area contributed by atoms with Crippen LogP contribution in [0, 0.1) is 5.92 Å². The van der Waals surface area contributed by atoms with Crippen LogP contribution in [0.25, 0.3) is 6.08 Å². The molecule has 2 aromatic rings. The van der Waals surface area contributed by atoms with Crippen LogP contribution in [0.5, 0.6) is 0 Å². The zero-order valence-corrected chi connectivity index (χ0v) is 26.8. The van der Waals surface area contributed by atoms with Gasteiger partial charge < -0.3 is 20.6 Å². The van der Waals surface area contributed by atoms with E-state index in [1.54, 1.807) is 29.2 Å². The lowest BCUT2D eigenvalue weighted by molar-refractivity contribution is -0.143. The summed E-state index contributed by atoms with van der Waals surface area (Å²) in [7, 11) is 0. The van der Waals surface area contributed by atoms with Crippen molar-refractivity contribution in [1.82, 2.24) is 15.5 Å². The zero-order valence-electron chi connectivity index (χ0n) is 23.7. The summed E-state index contributed by atoms with van der Waals surface area (Å²) in [5.41, 5.74) is 0.728. The first-order valence-electron chi connectivity index (χ1n) is 14.1. The van der Waals surface area contributed by atoms with Crippen molar-refractivity contribution in [3.05, 3.63) is 68.7 Å². The molecular weight excluding hydrogens is 633 g/mol. The summed E-state index contributed by atoms with van der Waals surface area (Å²) in [6.45, 7) is 0.459. The van der Waals surface area contributed by atoms with E-state index < -0.39 is 29.3 Å². The van der Waals surface area contributed by atoms with Crippen molar-refractivity contribution >= 4 is 76.3 Å². The van der Waals surface area contributed by atoms with E-state index in [0.29, 0.717) is 59.4 Å². The number of carboxylic acid groups (broad SMARTS) is 1. The van der Waals surface area contributed by atoms with Crippen molar-refractivity contribution in [2.45, 2.75) is 54.9 Å². The third-order valence-electron chi connectivity index (χ3n) is 8.25. The van der Waals surface area contributed by atoms with Crippen LogP contribution >= 0.6 is 46.6 Å². The summed E-state index contributed by atoms with van der Waals surface area (Å²) in [6.07, 6.45) is 8.81. The zero-order chi connectivity index (χ0) is 31.1. The van der Waals surface area contributed by atoms with Gasteiger partial charge in [0.15, 0.2) is 0 Å². The predicted molar refractivity (Wildman–Crippen MR) is 171 cm³/mol. The van der Waals surface area contributed by atoms with Crippen LogP contribution in [0.3, 0.4) is 0 Å². The Labute approximate surface area is 270 Å². The number of carbonyl (C=O) groups is 4. The molecule has 1 saturated heterocycles. The second-order valence-electron chi connectivity index (χ2n) is 10.8. The molecule has 1 aliphatic carbocycles. The Balaban J connectivity index is 1.29. The highest BCUT2D eigenvalue weighted by molar-refractivity contribution is 7.98. The van der Waals surface area contributed by atoms with Crippen molar-refractivity contribution in [1.29, 1.82) is 0 Å². The Kier molecular flexibility index (Phi) is 11.5. The quantitative estimate of drug-likeness (QED) is 0.218. The standard InChI is InChI=1S/C31H34Cl3N3O5S/c1-43-24-10-4-19(26(33)27(24)34)5-11-25(38)37-16-12-20(13-17-37)28(39)36-23(29(40)41)18-35-30(42)31(14-2-3-15-31)21-6-8-22(32)9-7-21/h4-11,20,23H,2-3,12-18H2,1H3,(H,35,42)(H,36,39)(H,40,41)/b11-5+/t23-/m0/s1. The number of nitrogens with one attached hydrogen (secondary N) is 2. The number of aliphatic carboxylic acids is 1. The number of carboxylic acids is 1. The van der Waals surface area contributed by atoms with Crippen molar-refractivity contribution in [3.63, 3.8) is 0 Å². The van der Waals surface area contributed by atoms with Crippen LogP contribution in [0.1, 0.15) is 49.7 Å². The van der Waals surface area contributed by atoms with Crippen molar-refractivity contribution in [3.8, 4) is 0 Å². The van der Waals surface area contributed by atoms with Gasteiger partial charge in [-0.3, -0.25) is 14.4 Å². The Morgan fingerprint density at radius 1 is 1.02 bits per heavy atom. The van der Waals surface area contributed by atoms with E-state index in [9.17, 15) is 24.3 Å². The average Bonchev–Trinajstić information content (AvgIpc) is 3.51. The molecule has 4 rings (SSSR count). The van der Waals surface area contributed by atoms with Gasteiger partial charge in [-0.25, -0.2) is 4.79 Å². The van der Waals surface area contributed by atoms with Gasteiger partial charge in [0, 0.05) is 41.5 Å². The monoisotopic (exact) mass is 665 g/mol. The number of nitrogens with zero attached hydrogens (tertiary/aromatic N) is 1. The smallest absolute Gasteiger partial charge is 0.328 e. The molecule has 230 valence electrons. The van der Waals surface area contributed by atoms with E-state index in [2.05, 4.69) is 10.6 Å². The number of rotatable bonds is 10. The lowest BCUT2D eigenvalue weighted by Crippen LogP contribution is -2.53. The number of hydrogen-bond acceptors (Lipinski definition) is 5. The number of amides is 3. The molecule has 12 heteroatoms. The van der Waals surface area contributed by atoms with Crippen LogP contribution in [-0.4, -0.2) is 65.6 Å². The maximum absolute atomic E-state index is 13.4. The second-order valence-corrected chi connectivity index (χ2v) is 12.9. The van der Waals surface area contributed by atoms with Crippen LogP contribution < -0.4 is 10.6 Å². The third-order valence-corrected chi connectivity index (χ3v) is 10.3. The Bertz CT molecular complexity index is 1390. The second kappa shape index (κ2) is 14.8. The van der Waals surface area contributed by atoms with Gasteiger partial charge in [0.25, 0.3) is 0 Å². The van der Waals surface area contributed by atoms with Gasteiger partial charge >= 0.3 is 5.97 Å². The Morgan fingerprint density at radius 2 is 1.67 bits per heavy atom. The van der Waals surface area contributed by atoms with E-state index in [1.165, 1.54) is 17.8 Å². The van der Waals surface area contributed by atoms with Crippen molar-refractivity contribution in [2.24, 2.45) is 5.92 Å². The summed E-state index contributed by atoms with van der Waals surface area (Å²) in [6, 6.07) is 9.53. The molecule has 1 atom stereocenters. The Hall–Kier alpha value is -2.72. The van der Waals surface area contributed by atoms with Crippen molar-refractivity contribution < 1.29 is 24.3 Å². The summed E-state index contributed by atoms with van der Waals surface area (Å²) in [5, 5.41) is 16.5. The Morgan fingerprint density at radius 3 is 2.28 bits per heavy atom. The van der Waals surface area contributed by atoms with E-state index in [1.807, 2.05) is 24.5 Å². The first-order valence-corrected chi connectivity index (χ1v) is 16.5. The lowest BCUT2D eigenvalue weighted by Gasteiger charge is -2.32. The minimum absolute atomic E-state index is 0.215. The maximum Gasteiger partial charge on any atom is 0.328 e. The molecule has 3 amide bonds. The molecule has 0 unspecified atom stereocenters. The van der Waals surface area contributed by atoms with Gasteiger partial charge in [0.1, 0.15) is 6.04 Å². The van der Waals surface area contributed by atoms with E-state index in [-0.39, 0.29) is 18.4 Å². The molecule has 0 bridgehead atoms. The molecule has 1 heterocycles. The molecule has 43 heavy (non-hydrogen) atoms. The summed E-state index contributed by atoms with van der Waals surface area (Å²) >= 11 is 20.1. The fourth-order valence-electron chi connectivity index (χ4n) is 5.71. The summed E-state index contributed by atoms with van der Waals surface area (Å²) < 4.78 is 0. The van der Waals surface area contributed by atoms with Gasteiger partial charge in [0.05, 0.1) is 15.5 Å². The lowest BCUT2D eigenvalue weighted by atomic mass is 9.78. The molecule has 2 fully saturated rings. The van der Waals surface area contributed by atoms with Crippen LogP contribution in [0.4, 0.5) is 0 Å². The molecule has 8 nitrogen and oxygen atoms in total. The first-order chi connectivity index (χ1) is 20.6. The van der Waals surface area contributed by atoms with Crippen LogP contribution in [0.15, 0.2) is 47.4 Å². The fraction of sp³-hybridized carbons (Fsp3) is 0.419. The van der Waals surface area contributed by atoms with E-state index in [0.717, 1.165) is 23.3 Å². The van der Waals surface area contributed by atoms with Gasteiger partial charge in [0.2, 0.25) is 17.7 Å². The predicted octanol–water partition coefficient (Wildman–Crippen LogP) is 5.82. The van der Waals surface area contributed by atoms with Crippen LogP contribution in [0.2, 0.25) is 15.1 Å². The summed E-state index contributed by atoms with van der Waals surface area (Å²) in [4.78, 5) is 53.6. The molecular formula is C31H34Cl3N3O5S. The number of benzene rings is 2. The first kappa shape index (κ1) is 33.2. The minimum Gasteiger partial charge on any atom is -0.480 e. The highest BCUT2D eigenvalue weighted by atomic mass is 35.5. The molecule has 2 aromatic carbocycles. The largest absolute Gasteiger partial charge is 0.480 e. The molecule has 3 N–H and O–H groups in total. The number of hydrogen-bond donors (Lipinski definition) is 3. The third kappa shape index (κ3) is 7.87. The normalized spacial score (nSPS) is 17.5. The highest BCUT2D eigenvalue weighted by Gasteiger charge is 2.43. The molecule has 1 saturated carbocycles.